The highest BCUT2D eigenvalue weighted by molar-refractivity contribution is 7.57. The molecule has 0 bridgehead atoms. The number of pyridine rings is 1. The van der Waals surface area contributed by atoms with Gasteiger partial charge in [0.25, 0.3) is 0 Å². The van der Waals surface area contributed by atoms with Crippen molar-refractivity contribution in [1.82, 2.24) is 20.2 Å². The summed E-state index contributed by atoms with van der Waals surface area (Å²) < 4.78 is 30.5. The lowest BCUT2D eigenvalue weighted by Gasteiger charge is -2.15. The van der Waals surface area contributed by atoms with Gasteiger partial charge in [-0.1, -0.05) is 6.07 Å². The quantitative estimate of drug-likeness (QED) is 0.100. The predicted molar refractivity (Wildman–Crippen MR) is 172 cm³/mol. The Morgan fingerprint density at radius 1 is 0.978 bits per heavy atom. The number of rotatable bonds is 15. The van der Waals surface area contributed by atoms with Gasteiger partial charge in [-0.15, -0.1) is 0 Å². The van der Waals surface area contributed by atoms with Crippen molar-refractivity contribution >= 4 is 36.1 Å². The van der Waals surface area contributed by atoms with Crippen LogP contribution in [-0.4, -0.2) is 53.8 Å². The van der Waals surface area contributed by atoms with E-state index in [1.807, 2.05) is 42.6 Å². The number of ether oxygens (including phenoxy) is 2. The molecule has 4 rings (SSSR count). The zero-order chi connectivity index (χ0) is 32.4. The summed E-state index contributed by atoms with van der Waals surface area (Å²) in [7, 11) is -1.47. The third kappa shape index (κ3) is 10.2. The maximum atomic E-state index is 12.8. The molecule has 11 nitrogen and oxygen atoms in total. The van der Waals surface area contributed by atoms with Crippen LogP contribution in [0.5, 0.6) is 17.2 Å². The van der Waals surface area contributed by atoms with Gasteiger partial charge < -0.3 is 29.2 Å². The number of aryl methyl sites for hydroxylation is 2. The van der Waals surface area contributed by atoms with E-state index < -0.39 is 31.2 Å². The summed E-state index contributed by atoms with van der Waals surface area (Å²) >= 11 is 0. The van der Waals surface area contributed by atoms with Crippen molar-refractivity contribution in [2.24, 2.45) is 0 Å². The first kappa shape index (κ1) is 33.3. The van der Waals surface area contributed by atoms with Crippen LogP contribution in [0, 0.1) is 0 Å². The van der Waals surface area contributed by atoms with E-state index in [4.69, 9.17) is 14.0 Å². The molecular formula is C33H39N4O7P. The van der Waals surface area contributed by atoms with E-state index in [0.29, 0.717) is 17.2 Å². The van der Waals surface area contributed by atoms with E-state index in [1.165, 1.54) is 14.0 Å². The maximum absolute atomic E-state index is 12.8. The van der Waals surface area contributed by atoms with Gasteiger partial charge in [-0.2, -0.15) is 0 Å². The summed E-state index contributed by atoms with van der Waals surface area (Å²) in [6.45, 7) is 5.35. The highest BCUT2D eigenvalue weighted by Gasteiger charge is 2.23. The average Bonchev–Trinajstić information content (AvgIpc) is 3.34. The topological polar surface area (TPSA) is 138 Å². The largest absolute Gasteiger partial charge is 0.467 e. The molecule has 2 amide bonds. The van der Waals surface area contributed by atoms with Crippen molar-refractivity contribution in [3.05, 3.63) is 84.3 Å². The first-order valence-corrected chi connectivity index (χ1v) is 17.2. The molecule has 0 aliphatic carbocycles. The Morgan fingerprint density at radius 3 is 2.38 bits per heavy atom. The first-order valence-electron chi connectivity index (χ1n) is 14.7. The summed E-state index contributed by atoms with van der Waals surface area (Å²) in [6, 6.07) is 17.5. The molecule has 238 valence electrons. The standard InChI is InChI=1S/C33H39N4O7P/c1-23(38)36-30(33(40)42-2)20-32(39)35-21-24-22-37(18-8-6-10-25-9-5-7-17-34-25)31-16-15-28(19-29(24)31)43-26-11-13-27(14-12-26)44-45(3,4)41/h5,7,9,11-17,19,22,30H,6,8,10,18,20-21H2,1-4H3,(H,35,39)(H,36,38). The summed E-state index contributed by atoms with van der Waals surface area (Å²) in [5, 5.41) is 6.23. The Kier molecular flexibility index (Phi) is 11.4. The number of amides is 2. The number of methoxy groups -OCH3 is 1. The van der Waals surface area contributed by atoms with Crippen LogP contribution in [0.3, 0.4) is 0 Å². The third-order valence-electron chi connectivity index (χ3n) is 6.86. The summed E-state index contributed by atoms with van der Waals surface area (Å²) in [5.74, 6) is 0.146. The predicted octanol–water partition coefficient (Wildman–Crippen LogP) is 5.45. The number of carbonyl (C=O) groups is 3. The van der Waals surface area contributed by atoms with Crippen LogP contribution in [0.15, 0.2) is 73.1 Å². The Bertz CT molecular complexity index is 1670. The first-order chi connectivity index (χ1) is 21.5. The van der Waals surface area contributed by atoms with Crippen molar-refractivity contribution < 1.29 is 32.9 Å². The van der Waals surface area contributed by atoms with Crippen molar-refractivity contribution in [2.75, 3.05) is 20.4 Å². The van der Waals surface area contributed by atoms with Crippen LogP contribution in [0.25, 0.3) is 10.9 Å². The normalized spacial score (nSPS) is 11.9. The lowest BCUT2D eigenvalue weighted by molar-refractivity contribution is -0.146. The molecule has 45 heavy (non-hydrogen) atoms. The molecule has 0 aliphatic rings. The van der Waals surface area contributed by atoms with Crippen LogP contribution in [-0.2, 0) is 43.2 Å². The number of carbonyl (C=O) groups excluding carboxylic acids is 3. The number of fused-ring (bicyclic) bond motifs is 1. The van der Waals surface area contributed by atoms with Gasteiger partial charge in [0, 0.05) is 62.3 Å². The SMILES string of the molecule is COC(=O)C(CC(=O)NCc1cn(CCCCc2ccccn2)c2ccc(Oc3ccc(OP(C)(C)=O)cc3)cc12)NC(C)=O. The van der Waals surface area contributed by atoms with Crippen molar-refractivity contribution in [3.8, 4) is 17.2 Å². The lowest BCUT2D eigenvalue weighted by Crippen LogP contribution is -2.43. The maximum Gasteiger partial charge on any atom is 0.328 e. The fourth-order valence-electron chi connectivity index (χ4n) is 4.86. The van der Waals surface area contributed by atoms with Crippen molar-refractivity contribution in [3.63, 3.8) is 0 Å². The number of hydrogen-bond acceptors (Lipinski definition) is 8. The molecule has 1 atom stereocenters. The monoisotopic (exact) mass is 634 g/mol. The van der Waals surface area contributed by atoms with E-state index in [9.17, 15) is 18.9 Å². The van der Waals surface area contributed by atoms with Crippen molar-refractivity contribution in [1.29, 1.82) is 0 Å². The number of benzene rings is 2. The molecule has 1 unspecified atom stereocenters. The second-order valence-electron chi connectivity index (χ2n) is 11.0. The lowest BCUT2D eigenvalue weighted by atomic mass is 10.1. The summed E-state index contributed by atoms with van der Waals surface area (Å²) in [6.07, 6.45) is 6.34. The number of unbranched alkanes of at least 4 members (excludes halogenated alkanes) is 1. The second-order valence-corrected chi connectivity index (χ2v) is 13.7. The molecule has 2 N–H and O–H groups in total. The Morgan fingerprint density at radius 2 is 1.71 bits per heavy atom. The molecule has 0 radical (unpaired) electrons. The number of nitrogens with one attached hydrogen (secondary N) is 2. The Hall–Kier alpha value is -4.63. The molecule has 2 heterocycles. The summed E-state index contributed by atoms with van der Waals surface area (Å²) in [4.78, 5) is 40.8. The van der Waals surface area contributed by atoms with Gasteiger partial charge in [-0.25, -0.2) is 4.79 Å². The highest BCUT2D eigenvalue weighted by Crippen LogP contribution is 2.39. The van der Waals surface area contributed by atoms with Crippen molar-refractivity contribution in [2.45, 2.75) is 51.7 Å². The molecule has 0 spiro atoms. The minimum Gasteiger partial charge on any atom is -0.467 e. The van der Waals surface area contributed by atoms with Gasteiger partial charge in [-0.05, 0) is 79.4 Å². The van der Waals surface area contributed by atoms with Gasteiger partial charge >= 0.3 is 5.97 Å². The number of esters is 1. The molecule has 0 saturated heterocycles. The highest BCUT2D eigenvalue weighted by atomic mass is 31.2. The van der Waals surface area contributed by atoms with Gasteiger partial charge in [0.2, 0.25) is 19.2 Å². The fourth-order valence-corrected chi connectivity index (χ4v) is 5.49. The molecule has 12 heteroatoms. The van der Waals surface area contributed by atoms with Gasteiger partial charge in [0.05, 0.1) is 13.5 Å². The third-order valence-corrected chi connectivity index (χ3v) is 7.51. The zero-order valence-corrected chi connectivity index (χ0v) is 26.8. The van der Waals surface area contributed by atoms with Crippen LogP contribution < -0.4 is 19.9 Å². The molecule has 0 fully saturated rings. The number of aromatic nitrogens is 2. The zero-order valence-electron chi connectivity index (χ0n) is 25.9. The smallest absolute Gasteiger partial charge is 0.328 e. The molecule has 2 aromatic carbocycles. The Labute approximate surface area is 262 Å². The Balaban J connectivity index is 1.50. The summed E-state index contributed by atoms with van der Waals surface area (Å²) in [5.41, 5.74) is 2.91. The van der Waals surface area contributed by atoms with Gasteiger partial charge in [0.1, 0.15) is 23.3 Å². The number of hydrogen-bond donors (Lipinski definition) is 2. The number of nitrogens with zero attached hydrogens (tertiary/aromatic N) is 2. The minimum atomic E-state index is -2.68. The van der Waals surface area contributed by atoms with E-state index in [2.05, 4.69) is 20.2 Å². The molecule has 2 aromatic heterocycles. The van der Waals surface area contributed by atoms with Crippen LogP contribution in [0.4, 0.5) is 0 Å². The molecular weight excluding hydrogens is 595 g/mol. The van der Waals surface area contributed by atoms with Gasteiger partial charge in [0.15, 0.2) is 0 Å². The van der Waals surface area contributed by atoms with E-state index >= 15 is 0 Å². The van der Waals surface area contributed by atoms with Crippen LogP contribution in [0.1, 0.15) is 37.4 Å². The van der Waals surface area contributed by atoms with E-state index in [0.717, 1.165) is 48.0 Å². The minimum absolute atomic E-state index is 0.202. The molecule has 0 saturated carbocycles. The average molecular weight is 635 g/mol. The molecule has 4 aromatic rings. The fraction of sp³-hybridized carbons (Fsp3) is 0.333. The van der Waals surface area contributed by atoms with Crippen LogP contribution >= 0.6 is 7.37 Å². The van der Waals surface area contributed by atoms with E-state index in [-0.39, 0.29) is 13.0 Å². The van der Waals surface area contributed by atoms with Crippen LogP contribution in [0.2, 0.25) is 0 Å². The molecule has 0 aliphatic heterocycles. The van der Waals surface area contributed by atoms with E-state index in [1.54, 1.807) is 43.8 Å². The van der Waals surface area contributed by atoms with Gasteiger partial charge in [-0.3, -0.25) is 19.1 Å². The second kappa shape index (κ2) is 15.4.